The Morgan fingerprint density at radius 3 is 2.83 bits per heavy atom. The molecule has 7 heteroatoms. The molecule has 0 unspecified atom stereocenters. The Balaban J connectivity index is 2.02. The van der Waals surface area contributed by atoms with E-state index in [4.69, 9.17) is 16.3 Å². The summed E-state index contributed by atoms with van der Waals surface area (Å²) in [6, 6.07) is 3.71. The Morgan fingerprint density at radius 2 is 2.17 bits per heavy atom. The number of aromatic nitrogens is 4. The smallest absolute Gasteiger partial charge is 0.338 e. The molecule has 1 saturated carbocycles. The van der Waals surface area contributed by atoms with Crippen LogP contribution >= 0.6 is 11.6 Å². The van der Waals surface area contributed by atoms with E-state index in [2.05, 4.69) is 15.2 Å². The lowest BCUT2D eigenvalue weighted by Crippen LogP contribution is -2.07. The number of carbonyl (C=O) groups is 1. The van der Waals surface area contributed by atoms with E-state index in [1.54, 1.807) is 6.07 Å². The van der Waals surface area contributed by atoms with Gasteiger partial charge in [0, 0.05) is 6.42 Å². The molecular formula is C17H17ClN4O2. The minimum Gasteiger partial charge on any atom is -0.465 e. The molecule has 4 rings (SSSR count). The zero-order valence-electron chi connectivity index (χ0n) is 13.5. The SMILES string of the molecule is CCc1cc2c(cc1C(=O)OC)nc(Cl)c1nnc(CC3CC3)n12. The number of benzene rings is 1. The minimum atomic E-state index is -0.367. The Hall–Kier alpha value is -2.21. The second-order valence-electron chi connectivity index (χ2n) is 6.17. The lowest BCUT2D eigenvalue weighted by atomic mass is 10.0. The molecule has 6 nitrogen and oxygen atoms in total. The third-order valence-electron chi connectivity index (χ3n) is 4.53. The van der Waals surface area contributed by atoms with Gasteiger partial charge in [-0.2, -0.15) is 0 Å². The Morgan fingerprint density at radius 1 is 1.38 bits per heavy atom. The summed E-state index contributed by atoms with van der Waals surface area (Å²) in [5, 5.41) is 8.81. The number of aryl methyl sites for hydroxylation is 1. The maximum atomic E-state index is 12.0. The molecule has 0 radical (unpaired) electrons. The zero-order chi connectivity index (χ0) is 16.8. The van der Waals surface area contributed by atoms with Crippen molar-refractivity contribution in [1.29, 1.82) is 0 Å². The van der Waals surface area contributed by atoms with Crippen LogP contribution in [0.4, 0.5) is 0 Å². The van der Waals surface area contributed by atoms with Gasteiger partial charge in [0.05, 0.1) is 23.7 Å². The highest BCUT2D eigenvalue weighted by Crippen LogP contribution is 2.33. The highest BCUT2D eigenvalue weighted by Gasteiger charge is 2.25. The summed E-state index contributed by atoms with van der Waals surface area (Å²) in [5.41, 5.74) is 3.51. The summed E-state index contributed by atoms with van der Waals surface area (Å²) < 4.78 is 6.86. The van der Waals surface area contributed by atoms with Gasteiger partial charge in [-0.05, 0) is 42.9 Å². The molecule has 1 aromatic carbocycles. The lowest BCUT2D eigenvalue weighted by molar-refractivity contribution is 0.0599. The summed E-state index contributed by atoms with van der Waals surface area (Å²) in [5.74, 6) is 1.21. The van der Waals surface area contributed by atoms with E-state index in [1.807, 2.05) is 17.4 Å². The van der Waals surface area contributed by atoms with Crippen molar-refractivity contribution in [3.05, 3.63) is 34.2 Å². The van der Waals surface area contributed by atoms with Crippen molar-refractivity contribution in [2.75, 3.05) is 7.11 Å². The number of hydrogen-bond acceptors (Lipinski definition) is 5. The van der Waals surface area contributed by atoms with E-state index >= 15 is 0 Å². The molecule has 2 heterocycles. The standard InChI is InChI=1S/C17H17ClN4O2/c1-3-10-7-13-12(8-11(10)17(23)24-2)19-15(18)16-21-20-14(22(13)16)6-9-4-5-9/h7-9H,3-6H2,1-2H3. The first-order chi connectivity index (χ1) is 11.6. The van der Waals surface area contributed by atoms with Crippen molar-refractivity contribution in [2.45, 2.75) is 32.6 Å². The van der Waals surface area contributed by atoms with Gasteiger partial charge in [-0.3, -0.25) is 4.40 Å². The van der Waals surface area contributed by atoms with Crippen molar-refractivity contribution in [3.63, 3.8) is 0 Å². The molecule has 124 valence electrons. The highest BCUT2D eigenvalue weighted by atomic mass is 35.5. The summed E-state index contributed by atoms with van der Waals surface area (Å²) >= 11 is 6.29. The molecule has 0 aliphatic heterocycles. The van der Waals surface area contributed by atoms with Crippen molar-refractivity contribution < 1.29 is 9.53 Å². The molecule has 0 N–H and O–H groups in total. The molecule has 3 aromatic rings. The Labute approximate surface area is 143 Å². The Bertz CT molecular complexity index is 962. The fourth-order valence-corrected chi connectivity index (χ4v) is 3.27. The van der Waals surface area contributed by atoms with Crippen molar-refractivity contribution in [1.82, 2.24) is 19.6 Å². The van der Waals surface area contributed by atoms with Crippen LogP contribution in [0, 0.1) is 5.92 Å². The molecule has 1 aliphatic rings. The monoisotopic (exact) mass is 344 g/mol. The van der Waals surface area contributed by atoms with Gasteiger partial charge in [0.1, 0.15) is 5.82 Å². The van der Waals surface area contributed by atoms with Crippen LogP contribution in [0.1, 0.15) is 41.5 Å². The second kappa shape index (κ2) is 5.70. The fourth-order valence-electron chi connectivity index (χ4n) is 3.05. The lowest BCUT2D eigenvalue weighted by Gasteiger charge is -2.11. The largest absolute Gasteiger partial charge is 0.465 e. The number of halogens is 1. The number of methoxy groups -OCH3 is 1. The summed E-state index contributed by atoms with van der Waals surface area (Å²) in [7, 11) is 1.38. The number of ether oxygens (including phenoxy) is 1. The van der Waals surface area contributed by atoms with Crippen LogP contribution in [0.15, 0.2) is 12.1 Å². The van der Waals surface area contributed by atoms with E-state index in [-0.39, 0.29) is 11.1 Å². The zero-order valence-corrected chi connectivity index (χ0v) is 14.3. The van der Waals surface area contributed by atoms with Crippen LogP contribution < -0.4 is 0 Å². The molecule has 0 amide bonds. The number of esters is 1. The average molecular weight is 345 g/mol. The minimum absolute atomic E-state index is 0.289. The van der Waals surface area contributed by atoms with E-state index in [9.17, 15) is 4.79 Å². The first kappa shape index (κ1) is 15.3. The highest BCUT2D eigenvalue weighted by molar-refractivity contribution is 6.32. The van der Waals surface area contributed by atoms with Crippen LogP contribution in [-0.4, -0.2) is 32.7 Å². The van der Waals surface area contributed by atoms with Gasteiger partial charge in [0.25, 0.3) is 0 Å². The Kier molecular flexibility index (Phi) is 3.64. The number of fused-ring (bicyclic) bond motifs is 3. The van der Waals surface area contributed by atoms with Gasteiger partial charge >= 0.3 is 5.97 Å². The third-order valence-corrected chi connectivity index (χ3v) is 4.78. The predicted molar refractivity (Wildman–Crippen MR) is 90.4 cm³/mol. The van der Waals surface area contributed by atoms with Gasteiger partial charge in [-0.25, -0.2) is 9.78 Å². The molecule has 1 aliphatic carbocycles. The predicted octanol–water partition coefficient (Wildman–Crippen LogP) is 3.23. The molecule has 24 heavy (non-hydrogen) atoms. The van der Waals surface area contributed by atoms with Gasteiger partial charge in [-0.15, -0.1) is 10.2 Å². The molecule has 0 saturated heterocycles. The van der Waals surface area contributed by atoms with Crippen LogP contribution in [0.5, 0.6) is 0 Å². The quantitative estimate of drug-likeness (QED) is 0.679. The second-order valence-corrected chi connectivity index (χ2v) is 6.53. The van der Waals surface area contributed by atoms with E-state index < -0.39 is 0 Å². The molecule has 1 fully saturated rings. The average Bonchev–Trinajstić information content (AvgIpc) is 3.30. The topological polar surface area (TPSA) is 69.4 Å². The molecule has 0 atom stereocenters. The first-order valence-corrected chi connectivity index (χ1v) is 8.44. The van der Waals surface area contributed by atoms with E-state index in [0.29, 0.717) is 29.1 Å². The van der Waals surface area contributed by atoms with Crippen LogP contribution in [0.2, 0.25) is 5.15 Å². The normalized spacial score (nSPS) is 14.5. The summed E-state index contributed by atoms with van der Waals surface area (Å²) in [6.07, 6.45) is 4.07. The van der Waals surface area contributed by atoms with E-state index in [1.165, 1.54) is 20.0 Å². The van der Waals surface area contributed by atoms with Crippen LogP contribution in [0.25, 0.3) is 16.7 Å². The van der Waals surface area contributed by atoms with Crippen molar-refractivity contribution in [2.24, 2.45) is 5.92 Å². The fraction of sp³-hybridized carbons (Fsp3) is 0.412. The van der Waals surface area contributed by atoms with Crippen LogP contribution in [0.3, 0.4) is 0 Å². The van der Waals surface area contributed by atoms with Crippen molar-refractivity contribution >= 4 is 34.3 Å². The number of nitrogens with zero attached hydrogens (tertiary/aromatic N) is 4. The maximum Gasteiger partial charge on any atom is 0.338 e. The van der Waals surface area contributed by atoms with E-state index in [0.717, 1.165) is 23.3 Å². The van der Waals surface area contributed by atoms with Gasteiger partial charge < -0.3 is 4.74 Å². The maximum absolute atomic E-state index is 12.0. The molecular weight excluding hydrogens is 328 g/mol. The number of hydrogen-bond donors (Lipinski definition) is 0. The number of carbonyl (C=O) groups excluding carboxylic acids is 1. The molecule has 0 spiro atoms. The van der Waals surface area contributed by atoms with Gasteiger partial charge in [0.2, 0.25) is 0 Å². The summed E-state index contributed by atoms with van der Waals surface area (Å²) in [6.45, 7) is 2.01. The molecule has 2 aromatic heterocycles. The van der Waals surface area contributed by atoms with Gasteiger partial charge in [0.15, 0.2) is 10.8 Å². The van der Waals surface area contributed by atoms with Crippen molar-refractivity contribution in [3.8, 4) is 0 Å². The first-order valence-electron chi connectivity index (χ1n) is 8.06. The van der Waals surface area contributed by atoms with Gasteiger partial charge in [-0.1, -0.05) is 18.5 Å². The van der Waals surface area contributed by atoms with Crippen LogP contribution in [-0.2, 0) is 17.6 Å². The molecule has 0 bridgehead atoms. The third kappa shape index (κ3) is 2.41. The number of rotatable bonds is 4. The summed E-state index contributed by atoms with van der Waals surface area (Å²) in [4.78, 5) is 16.4.